The van der Waals surface area contributed by atoms with E-state index < -0.39 is 6.23 Å². The molecule has 0 aromatic carbocycles. The van der Waals surface area contributed by atoms with Gasteiger partial charge in [-0.1, -0.05) is 6.42 Å². The fourth-order valence-electron chi connectivity index (χ4n) is 2.58. The first-order chi connectivity index (χ1) is 9.06. The van der Waals surface area contributed by atoms with Crippen LogP contribution < -0.4 is 16.0 Å². The fraction of sp³-hybridized carbons (Fsp3) is 0.833. The molecule has 0 aliphatic carbocycles. The summed E-state index contributed by atoms with van der Waals surface area (Å²) in [7, 11) is 0. The van der Waals surface area contributed by atoms with Gasteiger partial charge in [-0.3, -0.25) is 4.79 Å². The van der Waals surface area contributed by atoms with Gasteiger partial charge >= 0.3 is 6.03 Å². The summed E-state index contributed by atoms with van der Waals surface area (Å²) in [5.74, 6) is 0.860. The fourth-order valence-corrected chi connectivity index (χ4v) is 4.12. The highest BCUT2D eigenvalue weighted by molar-refractivity contribution is 8.00. The summed E-state index contributed by atoms with van der Waals surface area (Å²) in [5.41, 5.74) is 0. The summed E-state index contributed by atoms with van der Waals surface area (Å²) < 4.78 is 0. The normalized spacial score (nSPS) is 30.4. The predicted molar refractivity (Wildman–Crippen MR) is 73.8 cm³/mol. The van der Waals surface area contributed by atoms with Crippen LogP contribution in [0.25, 0.3) is 0 Å². The van der Waals surface area contributed by atoms with Gasteiger partial charge in [0.1, 0.15) is 6.23 Å². The van der Waals surface area contributed by atoms with E-state index in [2.05, 4.69) is 16.0 Å². The molecule has 4 N–H and O–H groups in total. The maximum absolute atomic E-state index is 11.3. The zero-order valence-corrected chi connectivity index (χ0v) is 11.8. The molecule has 0 aromatic heterocycles. The molecule has 108 valence electrons. The molecule has 2 aliphatic rings. The maximum atomic E-state index is 11.3. The third kappa shape index (κ3) is 4.01. The smallest absolute Gasteiger partial charge is 0.315 e. The number of rotatable bonds is 6. The van der Waals surface area contributed by atoms with E-state index in [-0.39, 0.29) is 24.0 Å². The zero-order chi connectivity index (χ0) is 13.8. The molecular formula is C12H21N3O3S. The number of aliphatic hydroxyl groups is 1. The number of hydrogen-bond acceptors (Lipinski definition) is 4. The van der Waals surface area contributed by atoms with Gasteiger partial charge in [0, 0.05) is 17.4 Å². The van der Waals surface area contributed by atoms with Crippen LogP contribution in [0.1, 0.15) is 32.6 Å². The topological polar surface area (TPSA) is 90.5 Å². The lowest BCUT2D eigenvalue weighted by Crippen LogP contribution is -2.36. The average molecular weight is 287 g/mol. The Morgan fingerprint density at radius 3 is 3.05 bits per heavy atom. The summed E-state index contributed by atoms with van der Waals surface area (Å²) in [4.78, 5) is 22.5. The van der Waals surface area contributed by atoms with Crippen LogP contribution in [0.4, 0.5) is 4.79 Å². The van der Waals surface area contributed by atoms with E-state index in [1.807, 2.05) is 11.8 Å². The minimum atomic E-state index is -0.779. The number of fused-ring (bicyclic) bond motifs is 1. The van der Waals surface area contributed by atoms with Crippen molar-refractivity contribution in [2.45, 2.75) is 56.2 Å². The third-order valence-electron chi connectivity index (χ3n) is 3.45. The van der Waals surface area contributed by atoms with Gasteiger partial charge in [0.05, 0.1) is 12.1 Å². The number of carbonyl (C=O) groups is 2. The lowest BCUT2D eigenvalue weighted by atomic mass is 10.0. The molecule has 2 saturated heterocycles. The Kier molecular flexibility index (Phi) is 4.93. The summed E-state index contributed by atoms with van der Waals surface area (Å²) in [5, 5.41) is 17.8. The Labute approximate surface area is 117 Å². The molecule has 19 heavy (non-hydrogen) atoms. The minimum absolute atomic E-state index is 0.0587. The van der Waals surface area contributed by atoms with Crippen LogP contribution in [0.15, 0.2) is 0 Å². The van der Waals surface area contributed by atoms with Crippen molar-refractivity contribution in [3.05, 3.63) is 0 Å². The van der Waals surface area contributed by atoms with Crippen molar-refractivity contribution in [3.8, 4) is 0 Å². The summed E-state index contributed by atoms with van der Waals surface area (Å²) in [6.07, 6.45) is 2.45. The molecule has 6 nitrogen and oxygen atoms in total. The second-order valence-electron chi connectivity index (χ2n) is 5.11. The van der Waals surface area contributed by atoms with Crippen molar-refractivity contribution in [1.82, 2.24) is 16.0 Å². The summed E-state index contributed by atoms with van der Waals surface area (Å²) >= 11 is 1.89. The molecular weight excluding hydrogens is 266 g/mol. The second-order valence-corrected chi connectivity index (χ2v) is 6.38. The van der Waals surface area contributed by atoms with Crippen LogP contribution >= 0.6 is 11.8 Å². The van der Waals surface area contributed by atoms with Crippen molar-refractivity contribution in [1.29, 1.82) is 0 Å². The Balaban J connectivity index is 1.61. The zero-order valence-electron chi connectivity index (χ0n) is 11.0. The van der Waals surface area contributed by atoms with Gasteiger partial charge in [0.15, 0.2) is 0 Å². The van der Waals surface area contributed by atoms with Crippen LogP contribution in [-0.4, -0.2) is 46.4 Å². The molecule has 0 bridgehead atoms. The third-order valence-corrected chi connectivity index (χ3v) is 4.96. The van der Waals surface area contributed by atoms with Gasteiger partial charge in [-0.15, -0.1) is 0 Å². The van der Waals surface area contributed by atoms with Crippen molar-refractivity contribution >= 4 is 23.7 Å². The lowest BCUT2D eigenvalue weighted by molar-refractivity contribution is -0.123. The number of carbonyl (C=O) groups excluding carboxylic acids is 2. The Morgan fingerprint density at radius 2 is 2.32 bits per heavy atom. The van der Waals surface area contributed by atoms with Crippen molar-refractivity contribution < 1.29 is 14.7 Å². The lowest BCUT2D eigenvalue weighted by Gasteiger charge is -2.16. The second kappa shape index (κ2) is 6.47. The molecule has 0 spiro atoms. The molecule has 4 atom stereocenters. The Bertz CT molecular complexity index is 351. The number of nitrogens with one attached hydrogen (secondary N) is 3. The largest absolute Gasteiger partial charge is 0.374 e. The quantitative estimate of drug-likeness (QED) is 0.318. The van der Waals surface area contributed by atoms with E-state index in [4.69, 9.17) is 5.11 Å². The highest BCUT2D eigenvalue weighted by Gasteiger charge is 2.42. The van der Waals surface area contributed by atoms with Crippen molar-refractivity contribution in [2.75, 3.05) is 5.75 Å². The molecule has 1 unspecified atom stereocenters. The van der Waals surface area contributed by atoms with Crippen LogP contribution in [0.5, 0.6) is 0 Å². The number of urea groups is 1. The van der Waals surface area contributed by atoms with Gasteiger partial charge in [0.2, 0.25) is 5.91 Å². The van der Waals surface area contributed by atoms with Crippen LogP contribution in [0.3, 0.4) is 0 Å². The molecule has 2 heterocycles. The molecule has 2 fully saturated rings. The standard InChI is InChI=1S/C12H21N3O3S/c1-7(16)13-10(17)5-3-2-4-9-11-8(6-19-9)14-12(18)15-11/h7-9,11,16H,2-6H2,1H3,(H,13,17)(H2,14,15,18)/t7?,8-,9-,11-/m0/s1. The van der Waals surface area contributed by atoms with E-state index in [0.717, 1.165) is 25.0 Å². The first-order valence-electron chi connectivity index (χ1n) is 6.72. The number of thioether (sulfide) groups is 1. The number of hydrogen-bond donors (Lipinski definition) is 4. The number of aliphatic hydroxyl groups excluding tert-OH is 1. The Morgan fingerprint density at radius 1 is 1.53 bits per heavy atom. The van der Waals surface area contributed by atoms with Gasteiger partial charge in [0.25, 0.3) is 0 Å². The van der Waals surface area contributed by atoms with Gasteiger partial charge < -0.3 is 21.1 Å². The van der Waals surface area contributed by atoms with Gasteiger partial charge in [-0.05, 0) is 19.8 Å². The summed E-state index contributed by atoms with van der Waals surface area (Å²) in [6, 6.07) is 0.446. The number of amides is 3. The van der Waals surface area contributed by atoms with E-state index in [9.17, 15) is 9.59 Å². The SMILES string of the molecule is CC(O)NC(=O)CCCC[C@@H]1SC[C@@H]2NC(=O)N[C@@H]21. The van der Waals surface area contributed by atoms with Crippen molar-refractivity contribution in [2.24, 2.45) is 0 Å². The maximum Gasteiger partial charge on any atom is 0.315 e. The Hall–Kier alpha value is -0.950. The van der Waals surface area contributed by atoms with Gasteiger partial charge in [-0.2, -0.15) is 11.8 Å². The van der Waals surface area contributed by atoms with E-state index in [1.165, 1.54) is 6.92 Å². The predicted octanol–water partition coefficient (Wildman–Crippen LogP) is 0.167. The molecule has 2 rings (SSSR count). The molecule has 2 aliphatic heterocycles. The van der Waals surface area contributed by atoms with Crippen molar-refractivity contribution in [3.63, 3.8) is 0 Å². The van der Waals surface area contributed by atoms with Crippen LogP contribution in [-0.2, 0) is 4.79 Å². The molecule has 7 heteroatoms. The first kappa shape index (κ1) is 14.5. The van der Waals surface area contributed by atoms with E-state index in [0.29, 0.717) is 11.7 Å². The summed E-state index contributed by atoms with van der Waals surface area (Å²) in [6.45, 7) is 1.53. The first-order valence-corrected chi connectivity index (χ1v) is 7.77. The van der Waals surface area contributed by atoms with Crippen LogP contribution in [0.2, 0.25) is 0 Å². The molecule has 0 radical (unpaired) electrons. The molecule has 0 saturated carbocycles. The monoisotopic (exact) mass is 287 g/mol. The number of unbranched alkanes of at least 4 members (excludes halogenated alkanes) is 1. The highest BCUT2D eigenvalue weighted by atomic mass is 32.2. The van der Waals surface area contributed by atoms with Gasteiger partial charge in [-0.25, -0.2) is 4.79 Å². The van der Waals surface area contributed by atoms with Crippen LogP contribution in [0, 0.1) is 0 Å². The minimum Gasteiger partial charge on any atom is -0.374 e. The average Bonchev–Trinajstić information content (AvgIpc) is 2.83. The van der Waals surface area contributed by atoms with E-state index in [1.54, 1.807) is 0 Å². The molecule has 3 amide bonds. The molecule has 0 aromatic rings. The van der Waals surface area contributed by atoms with E-state index >= 15 is 0 Å². The highest BCUT2D eigenvalue weighted by Crippen LogP contribution is 2.33.